The fraction of sp³-hybridized carbons (Fsp3) is 1.00. The van der Waals surface area contributed by atoms with E-state index >= 15 is 0 Å². The van der Waals surface area contributed by atoms with Gasteiger partial charge in [0.1, 0.15) is 0 Å². The van der Waals surface area contributed by atoms with Gasteiger partial charge < -0.3 is 0 Å². The van der Waals surface area contributed by atoms with Gasteiger partial charge in [-0.25, -0.2) is 0 Å². The van der Waals surface area contributed by atoms with Crippen LogP contribution in [0.1, 0.15) is 53.9 Å². The number of hydrogen-bond donors (Lipinski definition) is 0. The van der Waals surface area contributed by atoms with Crippen LogP contribution in [-0.4, -0.2) is 0 Å². The van der Waals surface area contributed by atoms with E-state index in [9.17, 15) is 0 Å². The van der Waals surface area contributed by atoms with E-state index in [4.69, 9.17) is 0 Å². The van der Waals surface area contributed by atoms with Gasteiger partial charge in [0.2, 0.25) is 0 Å². The molecule has 3 aliphatic carbocycles. The molecule has 12 heavy (non-hydrogen) atoms. The largest absolute Gasteiger partial charge is 0.0683 e. The normalized spacial score (nSPS) is 42.2. The summed E-state index contributed by atoms with van der Waals surface area (Å²) in [5, 5.41) is 0. The van der Waals surface area contributed by atoms with Crippen molar-refractivity contribution in [3.8, 4) is 0 Å². The summed E-state index contributed by atoms with van der Waals surface area (Å²) in [6.07, 6.45) is 4.54. The van der Waals surface area contributed by atoms with Crippen molar-refractivity contribution >= 4 is 0 Å². The van der Waals surface area contributed by atoms with E-state index in [1.807, 2.05) is 13.8 Å². The molecule has 0 aromatic rings. The standard InChI is InChI=1S/C10H18.C2H6/c1-7-4-5-8-6-9(7)10(8,2)3;1-2/h7-9H,4-6H2,1-3H3;1-2H3/t7-,8?,9?;/m0./s1. The highest BCUT2D eigenvalue weighted by molar-refractivity contribution is 5.01. The van der Waals surface area contributed by atoms with E-state index in [-0.39, 0.29) is 0 Å². The molecule has 0 aliphatic heterocycles. The Morgan fingerprint density at radius 1 is 1.08 bits per heavy atom. The summed E-state index contributed by atoms with van der Waals surface area (Å²) in [5.41, 5.74) is 0.706. The third kappa shape index (κ3) is 1.30. The Kier molecular flexibility index (Phi) is 2.85. The minimum absolute atomic E-state index is 0.706. The zero-order valence-corrected chi connectivity index (χ0v) is 9.35. The van der Waals surface area contributed by atoms with E-state index < -0.39 is 0 Å². The van der Waals surface area contributed by atoms with Gasteiger partial charge in [-0.05, 0) is 36.0 Å². The summed E-state index contributed by atoms with van der Waals surface area (Å²) in [4.78, 5) is 0. The van der Waals surface area contributed by atoms with Crippen LogP contribution < -0.4 is 0 Å². The molecule has 0 heteroatoms. The Morgan fingerprint density at radius 3 is 1.92 bits per heavy atom. The van der Waals surface area contributed by atoms with Crippen LogP contribution in [-0.2, 0) is 0 Å². The molecule has 0 radical (unpaired) electrons. The first-order valence-corrected chi connectivity index (χ1v) is 5.62. The van der Waals surface area contributed by atoms with Crippen molar-refractivity contribution in [2.75, 3.05) is 0 Å². The SMILES string of the molecule is CC.C[C@H]1CCC2CC1C2(C)C. The number of hydrogen-bond acceptors (Lipinski definition) is 0. The second kappa shape index (κ2) is 3.40. The van der Waals surface area contributed by atoms with Gasteiger partial charge in [-0.2, -0.15) is 0 Å². The monoisotopic (exact) mass is 168 g/mol. The Bertz CT molecular complexity index is 144. The topological polar surface area (TPSA) is 0 Å². The lowest BCUT2D eigenvalue weighted by Gasteiger charge is -2.59. The van der Waals surface area contributed by atoms with Crippen molar-refractivity contribution in [3.63, 3.8) is 0 Å². The molecule has 0 aromatic carbocycles. The van der Waals surface area contributed by atoms with Crippen molar-refractivity contribution in [2.45, 2.75) is 53.9 Å². The maximum absolute atomic E-state index is 2.46. The third-order valence-electron chi connectivity index (χ3n) is 4.20. The molecule has 0 aromatic heterocycles. The van der Waals surface area contributed by atoms with Gasteiger partial charge in [-0.1, -0.05) is 41.0 Å². The number of fused-ring (bicyclic) bond motifs is 2. The molecule has 0 nitrogen and oxygen atoms in total. The smallest absolute Gasteiger partial charge is 0.0295 e. The summed E-state index contributed by atoms with van der Waals surface area (Å²) in [5.74, 6) is 3.15. The minimum atomic E-state index is 0.706. The predicted octanol–water partition coefficient (Wildman–Crippen LogP) is 4.10. The molecule has 2 bridgehead atoms. The Labute approximate surface area is 77.7 Å². The van der Waals surface area contributed by atoms with Crippen molar-refractivity contribution < 1.29 is 0 Å². The Hall–Kier alpha value is 0. The molecule has 0 heterocycles. The molecule has 2 unspecified atom stereocenters. The molecule has 0 spiro atoms. The van der Waals surface area contributed by atoms with Crippen LogP contribution in [0.2, 0.25) is 0 Å². The van der Waals surface area contributed by atoms with Crippen LogP contribution in [0.4, 0.5) is 0 Å². The van der Waals surface area contributed by atoms with Crippen molar-refractivity contribution in [2.24, 2.45) is 23.2 Å². The summed E-state index contributed by atoms with van der Waals surface area (Å²) < 4.78 is 0. The highest BCUT2D eigenvalue weighted by Gasteiger charge is 2.52. The molecular formula is C12H24. The second-order valence-electron chi connectivity index (χ2n) is 4.92. The van der Waals surface area contributed by atoms with Gasteiger partial charge >= 0.3 is 0 Å². The Morgan fingerprint density at radius 2 is 1.67 bits per heavy atom. The Balaban J connectivity index is 0.000000336. The van der Waals surface area contributed by atoms with Crippen LogP contribution >= 0.6 is 0 Å². The average molecular weight is 168 g/mol. The van der Waals surface area contributed by atoms with Crippen LogP contribution in [0.25, 0.3) is 0 Å². The van der Waals surface area contributed by atoms with Crippen molar-refractivity contribution in [1.29, 1.82) is 0 Å². The first-order chi connectivity index (χ1) is 5.62. The molecule has 3 aliphatic rings. The minimum Gasteiger partial charge on any atom is -0.0683 e. The van der Waals surface area contributed by atoms with Crippen LogP contribution in [0, 0.1) is 23.2 Å². The summed E-state index contributed by atoms with van der Waals surface area (Å²) >= 11 is 0. The third-order valence-corrected chi connectivity index (χ3v) is 4.20. The second-order valence-corrected chi connectivity index (χ2v) is 4.92. The van der Waals surface area contributed by atoms with Gasteiger partial charge in [0.05, 0.1) is 0 Å². The predicted molar refractivity (Wildman–Crippen MR) is 55.1 cm³/mol. The van der Waals surface area contributed by atoms with Crippen LogP contribution in [0.3, 0.4) is 0 Å². The number of rotatable bonds is 0. The van der Waals surface area contributed by atoms with Gasteiger partial charge in [0.15, 0.2) is 0 Å². The lowest BCUT2D eigenvalue weighted by molar-refractivity contribution is -0.0988. The lowest BCUT2D eigenvalue weighted by atomic mass is 9.46. The molecular weight excluding hydrogens is 144 g/mol. The first-order valence-electron chi connectivity index (χ1n) is 5.62. The highest BCUT2D eigenvalue weighted by atomic mass is 14.6. The average Bonchev–Trinajstić information content (AvgIpc) is 2.07. The summed E-state index contributed by atoms with van der Waals surface area (Å²) in [6.45, 7) is 11.4. The zero-order chi connectivity index (χ0) is 9.35. The molecule has 3 fully saturated rings. The first kappa shape index (κ1) is 10.1. The molecule has 0 saturated heterocycles. The van der Waals surface area contributed by atoms with E-state index in [0.717, 1.165) is 17.8 Å². The molecule has 72 valence electrons. The van der Waals surface area contributed by atoms with Crippen LogP contribution in [0.5, 0.6) is 0 Å². The van der Waals surface area contributed by atoms with Gasteiger partial charge in [0, 0.05) is 0 Å². The van der Waals surface area contributed by atoms with E-state index in [1.165, 1.54) is 19.3 Å². The maximum atomic E-state index is 2.46. The fourth-order valence-electron chi connectivity index (χ4n) is 3.18. The zero-order valence-electron chi connectivity index (χ0n) is 9.35. The molecule has 0 N–H and O–H groups in total. The highest BCUT2D eigenvalue weighted by Crippen LogP contribution is 2.61. The fourth-order valence-corrected chi connectivity index (χ4v) is 3.18. The van der Waals surface area contributed by atoms with Crippen molar-refractivity contribution in [3.05, 3.63) is 0 Å². The lowest BCUT2D eigenvalue weighted by Crippen LogP contribution is -2.51. The van der Waals surface area contributed by atoms with E-state index in [0.29, 0.717) is 5.41 Å². The van der Waals surface area contributed by atoms with Gasteiger partial charge in [-0.15, -0.1) is 0 Å². The quantitative estimate of drug-likeness (QED) is 0.511. The molecule has 0 amide bonds. The van der Waals surface area contributed by atoms with Gasteiger partial charge in [-0.3, -0.25) is 0 Å². The maximum Gasteiger partial charge on any atom is -0.0295 e. The van der Waals surface area contributed by atoms with E-state index in [2.05, 4.69) is 20.8 Å². The molecule has 3 rings (SSSR count). The van der Waals surface area contributed by atoms with Gasteiger partial charge in [0.25, 0.3) is 0 Å². The van der Waals surface area contributed by atoms with Crippen molar-refractivity contribution in [1.82, 2.24) is 0 Å². The summed E-state index contributed by atoms with van der Waals surface area (Å²) in [6, 6.07) is 0. The summed E-state index contributed by atoms with van der Waals surface area (Å²) in [7, 11) is 0. The van der Waals surface area contributed by atoms with E-state index in [1.54, 1.807) is 0 Å². The molecule has 3 saturated carbocycles. The molecule has 3 atom stereocenters. The van der Waals surface area contributed by atoms with Crippen LogP contribution in [0.15, 0.2) is 0 Å².